The first-order valence-corrected chi connectivity index (χ1v) is 11.6. The number of hydrogen-bond donors (Lipinski definition) is 0. The minimum absolute atomic E-state index is 0. The molecule has 0 N–H and O–H groups in total. The Kier molecular flexibility index (Phi) is 10.9. The molecular weight excluding hydrogens is 330 g/mol. The molecule has 0 fully saturated rings. The summed E-state index contributed by atoms with van der Waals surface area (Å²) in [5.74, 6) is 0. The van der Waals surface area contributed by atoms with Crippen LogP contribution in [0.15, 0.2) is 18.2 Å². The van der Waals surface area contributed by atoms with Gasteiger partial charge in [-0.05, 0) is 13.0 Å². The molecule has 0 bridgehead atoms. The fourth-order valence-electron chi connectivity index (χ4n) is 0.819. The summed E-state index contributed by atoms with van der Waals surface area (Å²) in [4.78, 5) is 12.6. The molecule has 0 aliphatic rings. The molecule has 0 aromatic heterocycles. The Labute approximate surface area is 114 Å². The quantitative estimate of drug-likeness (QED) is 0.329. The standard InChI is InChI=1S/C7H6N3O2.3ClH.Zn/c1-5-2-3-6(10(11)12)4-7(5)9-8;;;;/h2-4H,1H3;3*1H;/q+1;;;;+2/p-3. The van der Waals surface area contributed by atoms with Gasteiger partial charge in [0.25, 0.3) is 5.69 Å². The van der Waals surface area contributed by atoms with Gasteiger partial charge in [0, 0.05) is 11.6 Å². The van der Waals surface area contributed by atoms with Crippen molar-refractivity contribution in [1.29, 1.82) is 5.39 Å². The molecule has 0 spiro atoms. The number of nitrogens with zero attached hydrogens (tertiary/aromatic N) is 3. The van der Waals surface area contributed by atoms with Crippen molar-refractivity contribution in [2.24, 2.45) is 0 Å². The van der Waals surface area contributed by atoms with Gasteiger partial charge < -0.3 is 12.4 Å². The second-order valence-electron chi connectivity index (χ2n) is 2.43. The number of halogens is 3. The third-order valence-electron chi connectivity index (χ3n) is 1.51. The molecule has 0 aliphatic carbocycles. The van der Waals surface area contributed by atoms with Gasteiger partial charge in [0.2, 0.25) is 5.39 Å². The third kappa shape index (κ3) is 6.19. The van der Waals surface area contributed by atoms with Gasteiger partial charge in [-0.1, -0.05) is 0 Å². The van der Waals surface area contributed by atoms with Gasteiger partial charge in [0.1, 0.15) is 6.07 Å². The number of hydrogen-bond acceptors (Lipinski definition) is 3. The van der Waals surface area contributed by atoms with Gasteiger partial charge in [0.15, 0.2) is 4.98 Å². The van der Waals surface area contributed by atoms with Gasteiger partial charge >= 0.3 is 40.2 Å². The maximum atomic E-state index is 10.3. The minimum atomic E-state index is -0.931. The fourth-order valence-corrected chi connectivity index (χ4v) is 0.819. The maximum absolute atomic E-state index is 10.3. The summed E-state index contributed by atoms with van der Waals surface area (Å²) < 4.78 is 0. The molecule has 5 nitrogen and oxygen atoms in total. The molecule has 0 saturated carbocycles. The summed E-state index contributed by atoms with van der Waals surface area (Å²) in [6.07, 6.45) is 0. The first-order valence-electron chi connectivity index (χ1n) is 3.78. The molecule has 0 amide bonds. The summed E-state index contributed by atoms with van der Waals surface area (Å²) >= 11 is -0.931. The molecule has 1 aromatic carbocycles. The van der Waals surface area contributed by atoms with Crippen LogP contribution in [-0.4, -0.2) is 4.92 Å². The van der Waals surface area contributed by atoms with E-state index in [1.165, 1.54) is 18.2 Å². The molecule has 0 heterocycles. The summed E-state index contributed by atoms with van der Waals surface area (Å²) in [6, 6.07) is 4.12. The van der Waals surface area contributed by atoms with Gasteiger partial charge in [-0.25, -0.2) is 0 Å². The predicted octanol–water partition coefficient (Wildman–Crippen LogP) is 0.768. The molecule has 9 heteroatoms. The number of benzene rings is 1. The van der Waals surface area contributed by atoms with Crippen molar-refractivity contribution < 1.29 is 32.5 Å². The zero-order chi connectivity index (χ0) is 11.8. The Morgan fingerprint density at radius 1 is 1.50 bits per heavy atom. The van der Waals surface area contributed by atoms with Crippen LogP contribution in [0, 0.1) is 22.4 Å². The Balaban J connectivity index is 0. The van der Waals surface area contributed by atoms with Crippen LogP contribution in [0.4, 0.5) is 11.4 Å². The van der Waals surface area contributed by atoms with E-state index in [0.717, 1.165) is 0 Å². The second-order valence-corrected chi connectivity index (χ2v) is 7.05. The van der Waals surface area contributed by atoms with Crippen molar-refractivity contribution in [3.05, 3.63) is 38.9 Å². The molecule has 0 atom stereocenters. The van der Waals surface area contributed by atoms with Gasteiger partial charge in [0.05, 0.1) is 4.92 Å². The van der Waals surface area contributed by atoms with Crippen LogP contribution in [-0.2, 0) is 15.1 Å². The molecule has 84 valence electrons. The number of nitro groups is 1. The van der Waals surface area contributed by atoms with E-state index in [2.05, 4.69) is 4.98 Å². The molecule has 0 radical (unpaired) electrons. The fraction of sp³-hybridized carbons (Fsp3) is 0.143. The molecular formula is C7H6Cl3N3O2Zn. The second kappa shape index (κ2) is 9.74. The average Bonchev–Trinajstić information content (AvgIpc) is 2.19. The third-order valence-corrected chi connectivity index (χ3v) is 1.51. The van der Waals surface area contributed by atoms with Crippen molar-refractivity contribution in [2.45, 2.75) is 6.92 Å². The van der Waals surface area contributed by atoms with Crippen LogP contribution >= 0.6 is 19.4 Å². The number of aryl methyl sites for hydroxylation is 1. The van der Waals surface area contributed by atoms with Crippen LogP contribution in [0.3, 0.4) is 0 Å². The first kappa shape index (κ1) is 17.9. The van der Waals surface area contributed by atoms with Crippen molar-refractivity contribution in [2.75, 3.05) is 0 Å². The molecule has 0 unspecified atom stereocenters. The topological polar surface area (TPSA) is 71.3 Å². The molecule has 1 rings (SSSR count). The van der Waals surface area contributed by atoms with E-state index in [4.69, 9.17) is 24.8 Å². The molecule has 1 aromatic rings. The van der Waals surface area contributed by atoms with Crippen LogP contribution in [0.5, 0.6) is 0 Å². The van der Waals surface area contributed by atoms with Gasteiger partial charge in [-0.2, -0.15) is 0 Å². The summed E-state index contributed by atoms with van der Waals surface area (Å²) in [5, 5.41) is 18.7. The zero-order valence-electron chi connectivity index (χ0n) is 8.23. The Hall–Kier alpha value is -0.467. The number of diazo groups is 1. The average molecular weight is 336 g/mol. The van der Waals surface area contributed by atoms with Crippen molar-refractivity contribution in [3.8, 4) is 0 Å². The molecule has 0 aliphatic heterocycles. The molecule has 16 heavy (non-hydrogen) atoms. The van der Waals surface area contributed by atoms with E-state index < -0.39 is 20.1 Å². The number of non-ortho nitro benzene ring substituents is 1. The van der Waals surface area contributed by atoms with E-state index >= 15 is 0 Å². The van der Waals surface area contributed by atoms with E-state index in [1.807, 2.05) is 0 Å². The Morgan fingerprint density at radius 2 is 2.00 bits per heavy atom. The Morgan fingerprint density at radius 3 is 2.38 bits per heavy atom. The number of nitro benzene ring substituents is 1. The normalized spacial score (nSPS) is 7.38. The summed E-state index contributed by atoms with van der Waals surface area (Å²) in [6.45, 7) is 1.71. The predicted molar refractivity (Wildman–Crippen MR) is 54.3 cm³/mol. The van der Waals surface area contributed by atoms with Crippen molar-refractivity contribution >= 4 is 30.8 Å². The first-order chi connectivity index (χ1) is 7.06. The van der Waals surface area contributed by atoms with Crippen molar-refractivity contribution in [1.82, 2.24) is 0 Å². The van der Waals surface area contributed by atoms with Gasteiger partial charge in [-0.3, -0.25) is 10.1 Å². The zero-order valence-corrected chi connectivity index (χ0v) is 13.5. The SMILES string of the molecule is Cc1ccc([N+](=O)[O-])cc1[N+]#N.[Cl-].[Cl][Zn][Cl]. The van der Waals surface area contributed by atoms with Crippen LogP contribution < -0.4 is 12.4 Å². The summed E-state index contributed by atoms with van der Waals surface area (Å²) in [5.41, 5.74) is 0.848. The van der Waals surface area contributed by atoms with E-state index in [1.54, 1.807) is 6.92 Å². The van der Waals surface area contributed by atoms with E-state index in [-0.39, 0.29) is 23.8 Å². The van der Waals surface area contributed by atoms with Crippen LogP contribution in [0.25, 0.3) is 4.98 Å². The van der Waals surface area contributed by atoms with Crippen LogP contribution in [0.1, 0.15) is 5.56 Å². The van der Waals surface area contributed by atoms with Crippen LogP contribution in [0.2, 0.25) is 0 Å². The molecule has 0 saturated heterocycles. The number of rotatable bonds is 1. The Bertz CT molecular complexity index is 397. The van der Waals surface area contributed by atoms with Crippen molar-refractivity contribution in [3.63, 3.8) is 0 Å². The van der Waals surface area contributed by atoms with Gasteiger partial charge in [-0.15, -0.1) is 0 Å². The summed E-state index contributed by atoms with van der Waals surface area (Å²) in [7, 11) is 9.90. The van der Waals surface area contributed by atoms with E-state index in [9.17, 15) is 10.1 Å². The van der Waals surface area contributed by atoms with E-state index in [0.29, 0.717) is 5.56 Å². The monoisotopic (exact) mass is 333 g/mol.